The molecule has 2 rings (SSSR count). The van der Waals surface area contributed by atoms with Crippen molar-refractivity contribution in [3.8, 4) is 16.9 Å². The standard InChI is InChI=1S/C15H18OSi/c1-10-8-12(16-3)9-11(2)15(10)13-6-4-5-7-14(13)17/h4-9H,1-3,17H3. The van der Waals surface area contributed by atoms with Gasteiger partial charge in [-0.2, -0.15) is 0 Å². The van der Waals surface area contributed by atoms with Gasteiger partial charge in [-0.15, -0.1) is 0 Å². The van der Waals surface area contributed by atoms with E-state index >= 15 is 0 Å². The zero-order chi connectivity index (χ0) is 12.4. The summed E-state index contributed by atoms with van der Waals surface area (Å²) in [6.45, 7) is 4.30. The highest BCUT2D eigenvalue weighted by Gasteiger charge is 2.09. The summed E-state index contributed by atoms with van der Waals surface area (Å²) in [6.07, 6.45) is 0. The van der Waals surface area contributed by atoms with E-state index in [1.54, 1.807) is 7.11 Å². The van der Waals surface area contributed by atoms with Gasteiger partial charge in [0.2, 0.25) is 0 Å². The van der Waals surface area contributed by atoms with Crippen LogP contribution >= 0.6 is 0 Å². The molecule has 0 amide bonds. The minimum atomic E-state index is 0.939. The number of hydrogen-bond donors (Lipinski definition) is 0. The monoisotopic (exact) mass is 242 g/mol. The first-order valence-electron chi connectivity index (χ1n) is 5.84. The van der Waals surface area contributed by atoms with Crippen LogP contribution in [0.4, 0.5) is 0 Å². The Morgan fingerprint density at radius 3 is 2.12 bits per heavy atom. The third kappa shape index (κ3) is 2.27. The molecule has 0 heterocycles. The smallest absolute Gasteiger partial charge is 0.119 e. The van der Waals surface area contributed by atoms with Crippen LogP contribution in [0.25, 0.3) is 11.1 Å². The molecule has 0 unspecified atom stereocenters. The van der Waals surface area contributed by atoms with Gasteiger partial charge in [0.1, 0.15) is 5.75 Å². The topological polar surface area (TPSA) is 9.23 Å². The van der Waals surface area contributed by atoms with E-state index in [2.05, 4.69) is 50.2 Å². The Hall–Kier alpha value is -1.54. The van der Waals surface area contributed by atoms with E-state index in [4.69, 9.17) is 4.74 Å². The Kier molecular flexibility index (Phi) is 3.34. The third-order valence-corrected chi connectivity index (χ3v) is 4.03. The van der Waals surface area contributed by atoms with E-state index in [9.17, 15) is 0 Å². The third-order valence-electron chi connectivity index (χ3n) is 3.16. The van der Waals surface area contributed by atoms with Crippen molar-refractivity contribution in [2.24, 2.45) is 0 Å². The van der Waals surface area contributed by atoms with E-state index in [0.717, 1.165) is 16.0 Å². The molecule has 0 aliphatic carbocycles. The van der Waals surface area contributed by atoms with Gasteiger partial charge < -0.3 is 4.74 Å². The molecule has 0 aromatic heterocycles. The zero-order valence-electron chi connectivity index (χ0n) is 10.9. The lowest BCUT2D eigenvalue weighted by atomic mass is 9.95. The Morgan fingerprint density at radius 2 is 1.59 bits per heavy atom. The van der Waals surface area contributed by atoms with E-state index in [1.807, 2.05) is 0 Å². The minimum Gasteiger partial charge on any atom is -0.497 e. The fourth-order valence-corrected chi connectivity index (χ4v) is 2.93. The lowest BCUT2D eigenvalue weighted by Crippen LogP contribution is -2.07. The lowest BCUT2D eigenvalue weighted by molar-refractivity contribution is 0.414. The normalized spacial score (nSPS) is 10.5. The van der Waals surface area contributed by atoms with Crippen molar-refractivity contribution in [1.82, 2.24) is 0 Å². The fraction of sp³-hybridized carbons (Fsp3) is 0.200. The van der Waals surface area contributed by atoms with Crippen LogP contribution in [0, 0.1) is 13.8 Å². The van der Waals surface area contributed by atoms with Crippen molar-refractivity contribution >= 4 is 15.4 Å². The SMILES string of the molecule is COc1cc(C)c(-c2ccccc2[SiH3])c(C)c1. The van der Waals surface area contributed by atoms with Gasteiger partial charge in [-0.3, -0.25) is 0 Å². The minimum absolute atomic E-state index is 0.939. The molecule has 2 aromatic rings. The van der Waals surface area contributed by atoms with Crippen LogP contribution in [0.2, 0.25) is 0 Å². The van der Waals surface area contributed by atoms with Gasteiger partial charge in [0.15, 0.2) is 0 Å². The maximum atomic E-state index is 5.31. The number of rotatable bonds is 2. The molecule has 0 atom stereocenters. The first kappa shape index (κ1) is 11.9. The summed E-state index contributed by atoms with van der Waals surface area (Å²) in [7, 11) is 2.79. The Bertz CT molecular complexity index is 523. The summed E-state index contributed by atoms with van der Waals surface area (Å²) >= 11 is 0. The molecule has 0 saturated carbocycles. The highest BCUT2D eigenvalue weighted by molar-refractivity contribution is 6.36. The second-order valence-corrected chi connectivity index (χ2v) is 5.53. The van der Waals surface area contributed by atoms with Gasteiger partial charge >= 0.3 is 0 Å². The summed E-state index contributed by atoms with van der Waals surface area (Å²) in [5.41, 5.74) is 5.29. The van der Waals surface area contributed by atoms with Crippen LogP contribution in [0.5, 0.6) is 5.75 Å². The molecule has 0 N–H and O–H groups in total. The molecule has 0 aliphatic rings. The predicted octanol–water partition coefficient (Wildman–Crippen LogP) is 1.97. The van der Waals surface area contributed by atoms with Gasteiger partial charge in [0, 0.05) is 10.2 Å². The van der Waals surface area contributed by atoms with Crippen LogP contribution in [0.3, 0.4) is 0 Å². The van der Waals surface area contributed by atoms with Crippen LogP contribution in [-0.2, 0) is 0 Å². The van der Waals surface area contributed by atoms with Crippen molar-refractivity contribution in [2.45, 2.75) is 13.8 Å². The molecular weight excluding hydrogens is 224 g/mol. The van der Waals surface area contributed by atoms with E-state index in [-0.39, 0.29) is 0 Å². The van der Waals surface area contributed by atoms with Gasteiger partial charge in [-0.05, 0) is 48.2 Å². The molecule has 88 valence electrons. The fourth-order valence-electron chi connectivity index (χ4n) is 2.32. The molecule has 0 fully saturated rings. The van der Waals surface area contributed by atoms with Crippen molar-refractivity contribution in [2.75, 3.05) is 7.11 Å². The van der Waals surface area contributed by atoms with Gasteiger partial charge in [-0.25, -0.2) is 0 Å². The number of benzene rings is 2. The van der Waals surface area contributed by atoms with Crippen molar-refractivity contribution in [3.63, 3.8) is 0 Å². The number of methoxy groups -OCH3 is 1. The van der Waals surface area contributed by atoms with Crippen LogP contribution in [0.1, 0.15) is 11.1 Å². The summed E-state index contributed by atoms with van der Waals surface area (Å²) in [4.78, 5) is 0. The molecule has 2 aromatic carbocycles. The predicted molar refractivity (Wildman–Crippen MR) is 77.5 cm³/mol. The number of aryl methyl sites for hydroxylation is 2. The lowest BCUT2D eigenvalue weighted by Gasteiger charge is -2.14. The molecule has 1 nitrogen and oxygen atoms in total. The first-order chi connectivity index (χ1) is 8.13. The molecule has 17 heavy (non-hydrogen) atoms. The van der Waals surface area contributed by atoms with Crippen LogP contribution < -0.4 is 9.92 Å². The largest absolute Gasteiger partial charge is 0.497 e. The Morgan fingerprint density at radius 1 is 1.00 bits per heavy atom. The summed E-state index contributed by atoms with van der Waals surface area (Å²) in [6, 6.07) is 12.9. The molecule has 0 bridgehead atoms. The average Bonchev–Trinajstić information content (AvgIpc) is 2.30. The molecule has 0 aliphatic heterocycles. The summed E-state index contributed by atoms with van der Waals surface area (Å²) in [5.74, 6) is 0.939. The van der Waals surface area contributed by atoms with Gasteiger partial charge in [-0.1, -0.05) is 29.5 Å². The van der Waals surface area contributed by atoms with E-state index < -0.39 is 0 Å². The van der Waals surface area contributed by atoms with Crippen LogP contribution in [-0.4, -0.2) is 17.4 Å². The Balaban J connectivity index is 2.64. The molecule has 0 radical (unpaired) electrons. The van der Waals surface area contributed by atoms with Gasteiger partial charge in [0.25, 0.3) is 0 Å². The quantitative estimate of drug-likeness (QED) is 0.732. The van der Waals surface area contributed by atoms with Crippen molar-refractivity contribution in [1.29, 1.82) is 0 Å². The van der Waals surface area contributed by atoms with Crippen molar-refractivity contribution in [3.05, 3.63) is 47.5 Å². The van der Waals surface area contributed by atoms with E-state index in [0.29, 0.717) is 0 Å². The molecule has 0 spiro atoms. The first-order valence-corrected chi connectivity index (χ1v) is 6.84. The maximum Gasteiger partial charge on any atom is 0.119 e. The molecule has 0 saturated heterocycles. The zero-order valence-corrected chi connectivity index (χ0v) is 12.9. The summed E-state index contributed by atoms with van der Waals surface area (Å²) in [5, 5.41) is 1.45. The maximum absolute atomic E-state index is 5.31. The second kappa shape index (κ2) is 4.76. The number of ether oxygens (including phenoxy) is 1. The summed E-state index contributed by atoms with van der Waals surface area (Å²) < 4.78 is 5.31. The highest BCUT2D eigenvalue weighted by atomic mass is 28.1. The molecular formula is C15H18OSi. The van der Waals surface area contributed by atoms with Crippen LogP contribution in [0.15, 0.2) is 36.4 Å². The molecule has 2 heteroatoms. The van der Waals surface area contributed by atoms with Gasteiger partial charge in [0.05, 0.1) is 7.11 Å². The second-order valence-electron chi connectivity index (χ2n) is 4.45. The Labute approximate surface area is 106 Å². The van der Waals surface area contributed by atoms with Crippen molar-refractivity contribution < 1.29 is 4.74 Å². The number of hydrogen-bond acceptors (Lipinski definition) is 1. The van der Waals surface area contributed by atoms with E-state index in [1.165, 1.54) is 27.4 Å². The average molecular weight is 242 g/mol. The highest BCUT2D eigenvalue weighted by Crippen LogP contribution is 2.29.